The van der Waals surface area contributed by atoms with E-state index in [1.54, 1.807) is 42.7 Å². The molecule has 0 saturated carbocycles. The van der Waals surface area contributed by atoms with Crippen LogP contribution < -0.4 is 5.73 Å². The highest BCUT2D eigenvalue weighted by Crippen LogP contribution is 2.35. The van der Waals surface area contributed by atoms with Crippen molar-refractivity contribution in [3.63, 3.8) is 0 Å². The van der Waals surface area contributed by atoms with Gasteiger partial charge >= 0.3 is 0 Å². The van der Waals surface area contributed by atoms with E-state index in [4.69, 9.17) is 5.73 Å². The first-order chi connectivity index (χ1) is 8.27. The van der Waals surface area contributed by atoms with E-state index < -0.39 is 0 Å². The largest absolute Gasteiger partial charge is 0.327 e. The number of rotatable bonds is 4. The van der Waals surface area contributed by atoms with Gasteiger partial charge in [-0.25, -0.2) is 4.98 Å². The summed E-state index contributed by atoms with van der Waals surface area (Å²) in [4.78, 5) is 12.3. The molecule has 2 aromatic rings. The highest BCUT2D eigenvalue weighted by Gasteiger charge is 2.18. The highest BCUT2D eigenvalue weighted by atomic mass is 32.2. The minimum atomic E-state index is 0.0319. The number of thioether (sulfide) groups is 1. The quantitative estimate of drug-likeness (QED) is 0.836. The molecule has 0 saturated heterocycles. The Kier molecular flexibility index (Phi) is 4.06. The average molecular weight is 246 g/mol. The van der Waals surface area contributed by atoms with Crippen LogP contribution in [0.15, 0.2) is 48.1 Å². The van der Waals surface area contributed by atoms with Gasteiger partial charge in [0.15, 0.2) is 0 Å². The summed E-state index contributed by atoms with van der Waals surface area (Å²) in [7, 11) is 0. The van der Waals surface area contributed by atoms with E-state index in [-0.39, 0.29) is 11.3 Å². The molecule has 0 radical (unpaired) electrons. The van der Waals surface area contributed by atoms with E-state index in [1.807, 2.05) is 19.1 Å². The molecule has 5 heteroatoms. The number of hydrogen-bond donors (Lipinski definition) is 1. The van der Waals surface area contributed by atoms with Crippen LogP contribution in [0.2, 0.25) is 0 Å². The fourth-order valence-corrected chi connectivity index (χ4v) is 2.52. The van der Waals surface area contributed by atoms with Crippen LogP contribution in [0, 0.1) is 0 Å². The van der Waals surface area contributed by atoms with E-state index in [1.165, 1.54) is 0 Å². The van der Waals surface area contributed by atoms with Crippen LogP contribution in [-0.2, 0) is 0 Å². The molecule has 0 amide bonds. The molecule has 4 nitrogen and oxygen atoms in total. The molecule has 0 aliphatic rings. The van der Waals surface area contributed by atoms with Gasteiger partial charge in [-0.2, -0.15) is 0 Å². The maximum Gasteiger partial charge on any atom is 0.115 e. The van der Waals surface area contributed by atoms with E-state index in [0.29, 0.717) is 0 Å². The third kappa shape index (κ3) is 3.25. The Morgan fingerprint density at radius 1 is 1.12 bits per heavy atom. The second kappa shape index (κ2) is 5.75. The van der Waals surface area contributed by atoms with E-state index in [0.717, 1.165) is 10.6 Å². The molecule has 0 aromatic carbocycles. The minimum absolute atomic E-state index is 0.0319. The topological polar surface area (TPSA) is 64.7 Å². The SMILES string of the molecule is CC(N)C(Sc1cnccn1)c1ccncc1. The van der Waals surface area contributed by atoms with Crippen molar-refractivity contribution in [3.05, 3.63) is 48.7 Å². The number of nitrogens with two attached hydrogens (primary N) is 1. The molecular formula is C12H14N4S. The van der Waals surface area contributed by atoms with Crippen molar-refractivity contribution in [3.8, 4) is 0 Å². The van der Waals surface area contributed by atoms with Crippen molar-refractivity contribution in [2.45, 2.75) is 23.2 Å². The predicted molar refractivity (Wildman–Crippen MR) is 68.5 cm³/mol. The molecule has 2 N–H and O–H groups in total. The van der Waals surface area contributed by atoms with Crippen LogP contribution in [-0.4, -0.2) is 21.0 Å². The monoisotopic (exact) mass is 246 g/mol. The number of hydrogen-bond acceptors (Lipinski definition) is 5. The van der Waals surface area contributed by atoms with E-state index >= 15 is 0 Å². The van der Waals surface area contributed by atoms with Crippen molar-refractivity contribution < 1.29 is 0 Å². The standard InChI is InChI=1S/C12H14N4S/c1-9(13)12(10-2-4-14-5-3-10)17-11-8-15-6-7-16-11/h2-9,12H,13H2,1H3. The summed E-state index contributed by atoms with van der Waals surface area (Å²) < 4.78 is 0. The van der Waals surface area contributed by atoms with E-state index in [9.17, 15) is 0 Å². The fourth-order valence-electron chi connectivity index (χ4n) is 1.51. The molecule has 2 heterocycles. The average Bonchev–Trinajstić information content (AvgIpc) is 2.38. The molecule has 0 bridgehead atoms. The molecule has 2 unspecified atom stereocenters. The smallest absolute Gasteiger partial charge is 0.115 e. The second-order valence-electron chi connectivity index (χ2n) is 3.72. The minimum Gasteiger partial charge on any atom is -0.327 e. The van der Waals surface area contributed by atoms with Crippen molar-refractivity contribution in [1.29, 1.82) is 0 Å². The lowest BCUT2D eigenvalue weighted by molar-refractivity contribution is 0.719. The summed E-state index contributed by atoms with van der Waals surface area (Å²) >= 11 is 1.62. The fraction of sp³-hybridized carbons (Fsp3) is 0.250. The third-order valence-electron chi connectivity index (χ3n) is 2.30. The lowest BCUT2D eigenvalue weighted by Crippen LogP contribution is -2.22. The Morgan fingerprint density at radius 3 is 2.47 bits per heavy atom. The van der Waals surface area contributed by atoms with Crippen LogP contribution >= 0.6 is 11.8 Å². The Labute approximate surface area is 105 Å². The van der Waals surface area contributed by atoms with Gasteiger partial charge < -0.3 is 5.73 Å². The third-order valence-corrected chi connectivity index (χ3v) is 3.71. The van der Waals surface area contributed by atoms with E-state index in [2.05, 4.69) is 15.0 Å². The molecule has 88 valence electrons. The molecule has 0 aliphatic heterocycles. The normalized spacial score (nSPS) is 14.2. The first-order valence-corrected chi connectivity index (χ1v) is 6.23. The summed E-state index contributed by atoms with van der Waals surface area (Å²) in [6.07, 6.45) is 8.66. The van der Waals surface area contributed by atoms with Crippen LogP contribution in [0.25, 0.3) is 0 Å². The molecule has 0 aliphatic carbocycles. The van der Waals surface area contributed by atoms with Crippen molar-refractivity contribution in [2.24, 2.45) is 5.73 Å². The zero-order valence-corrected chi connectivity index (χ0v) is 10.3. The maximum absolute atomic E-state index is 6.03. The number of aromatic nitrogens is 3. The van der Waals surface area contributed by atoms with Crippen molar-refractivity contribution in [2.75, 3.05) is 0 Å². The summed E-state index contributed by atoms with van der Waals surface area (Å²) in [6.45, 7) is 1.99. The lowest BCUT2D eigenvalue weighted by Gasteiger charge is -2.19. The predicted octanol–water partition coefficient (Wildman–Crippen LogP) is 2.05. The van der Waals surface area contributed by atoms with Gasteiger partial charge in [-0.3, -0.25) is 9.97 Å². The van der Waals surface area contributed by atoms with Gasteiger partial charge in [0.05, 0.1) is 11.4 Å². The van der Waals surface area contributed by atoms with Gasteiger partial charge in [0.1, 0.15) is 5.03 Å². The van der Waals surface area contributed by atoms with Gasteiger partial charge in [-0.1, -0.05) is 11.8 Å². The molecule has 2 aromatic heterocycles. The van der Waals surface area contributed by atoms with Crippen molar-refractivity contribution >= 4 is 11.8 Å². The zero-order chi connectivity index (χ0) is 12.1. The summed E-state index contributed by atoms with van der Waals surface area (Å²) in [5.74, 6) is 0. The molecule has 2 rings (SSSR count). The van der Waals surface area contributed by atoms with Gasteiger partial charge in [0.25, 0.3) is 0 Å². The molecule has 17 heavy (non-hydrogen) atoms. The molecule has 0 spiro atoms. The zero-order valence-electron chi connectivity index (χ0n) is 9.52. The highest BCUT2D eigenvalue weighted by molar-refractivity contribution is 7.99. The van der Waals surface area contributed by atoms with Gasteiger partial charge in [0, 0.05) is 30.8 Å². The Hall–Kier alpha value is -1.46. The van der Waals surface area contributed by atoms with Gasteiger partial charge in [-0.05, 0) is 24.6 Å². The van der Waals surface area contributed by atoms with Crippen LogP contribution in [0.1, 0.15) is 17.7 Å². The van der Waals surface area contributed by atoms with Crippen LogP contribution in [0.4, 0.5) is 0 Å². The Balaban J connectivity index is 2.20. The first-order valence-electron chi connectivity index (χ1n) is 5.35. The Morgan fingerprint density at radius 2 is 1.88 bits per heavy atom. The molecule has 2 atom stereocenters. The van der Waals surface area contributed by atoms with Gasteiger partial charge in [-0.15, -0.1) is 0 Å². The van der Waals surface area contributed by atoms with Crippen molar-refractivity contribution in [1.82, 2.24) is 15.0 Å². The summed E-state index contributed by atoms with van der Waals surface area (Å²) in [5.41, 5.74) is 7.19. The molecular weight excluding hydrogens is 232 g/mol. The number of pyridine rings is 1. The van der Waals surface area contributed by atoms with Crippen LogP contribution in [0.3, 0.4) is 0 Å². The van der Waals surface area contributed by atoms with Crippen LogP contribution in [0.5, 0.6) is 0 Å². The summed E-state index contributed by atoms with van der Waals surface area (Å²) in [6, 6.07) is 4.00. The second-order valence-corrected chi connectivity index (χ2v) is 4.88. The molecule has 0 fully saturated rings. The lowest BCUT2D eigenvalue weighted by atomic mass is 10.1. The first kappa shape index (κ1) is 12.0. The maximum atomic E-state index is 6.03. The number of nitrogens with zero attached hydrogens (tertiary/aromatic N) is 3. The Bertz CT molecular complexity index is 447. The van der Waals surface area contributed by atoms with Gasteiger partial charge in [0.2, 0.25) is 0 Å². The summed E-state index contributed by atoms with van der Waals surface area (Å²) in [5, 5.41) is 1.04.